The highest BCUT2D eigenvalue weighted by Gasteiger charge is 2.33. The third-order valence-corrected chi connectivity index (χ3v) is 4.76. The normalized spacial score (nSPS) is 22.6. The quantitative estimate of drug-likeness (QED) is 0.799. The third kappa shape index (κ3) is 7.89. The molecule has 0 atom stereocenters. The highest BCUT2D eigenvalue weighted by molar-refractivity contribution is 5.68. The second kappa shape index (κ2) is 9.11. The first-order valence-electron chi connectivity index (χ1n) is 9.61. The van der Waals surface area contributed by atoms with E-state index >= 15 is 0 Å². The molecule has 1 aliphatic carbocycles. The van der Waals surface area contributed by atoms with Crippen molar-refractivity contribution < 1.29 is 19.1 Å². The fourth-order valence-corrected chi connectivity index (χ4v) is 3.20. The second-order valence-electron chi connectivity index (χ2n) is 8.57. The van der Waals surface area contributed by atoms with Crippen molar-refractivity contribution >= 4 is 12.2 Å². The van der Waals surface area contributed by atoms with Crippen LogP contribution in [0.4, 0.5) is 9.59 Å². The smallest absolute Gasteiger partial charge is 0.408 e. The molecule has 0 heterocycles. The zero-order valence-electron chi connectivity index (χ0n) is 16.8. The van der Waals surface area contributed by atoms with Crippen LogP contribution in [0.5, 0.6) is 0 Å². The van der Waals surface area contributed by atoms with Gasteiger partial charge >= 0.3 is 12.2 Å². The number of ether oxygens (including phenoxy) is 2. The number of alkyl carbamates (subject to hydrolysis) is 2. The summed E-state index contributed by atoms with van der Waals surface area (Å²) in [7, 11) is 0. The van der Waals surface area contributed by atoms with Crippen LogP contribution < -0.4 is 10.6 Å². The fourth-order valence-electron chi connectivity index (χ4n) is 3.20. The van der Waals surface area contributed by atoms with Crippen molar-refractivity contribution in [3.8, 4) is 0 Å². The van der Waals surface area contributed by atoms with Crippen LogP contribution >= 0.6 is 0 Å². The summed E-state index contributed by atoms with van der Waals surface area (Å²) in [5, 5.41) is 5.85. The number of benzene rings is 1. The number of hydrogen-bond acceptors (Lipinski definition) is 4. The molecule has 1 fully saturated rings. The lowest BCUT2D eigenvalue weighted by atomic mass is 9.77. The minimum absolute atomic E-state index is 0.257. The summed E-state index contributed by atoms with van der Waals surface area (Å²) in [6, 6.07) is 9.61. The minimum Gasteiger partial charge on any atom is -0.445 e. The zero-order valence-corrected chi connectivity index (χ0v) is 16.8. The Morgan fingerprint density at radius 3 is 2.33 bits per heavy atom. The second-order valence-corrected chi connectivity index (χ2v) is 8.57. The standard InChI is InChI=1S/C21H32N2O4/c1-20(2,3)27-19(25)23-21(4)12-10-16(11-13-21)14-22-18(24)26-15-17-8-6-5-7-9-17/h5-9,16H,10-15H2,1-4H3,(H,22,24)(H,23,25). The van der Waals surface area contributed by atoms with Gasteiger partial charge in [-0.15, -0.1) is 0 Å². The molecule has 0 saturated heterocycles. The van der Waals surface area contributed by atoms with E-state index in [4.69, 9.17) is 9.47 Å². The van der Waals surface area contributed by atoms with Gasteiger partial charge < -0.3 is 20.1 Å². The number of carbonyl (C=O) groups excluding carboxylic acids is 2. The van der Waals surface area contributed by atoms with Crippen molar-refractivity contribution in [2.45, 2.75) is 71.1 Å². The average molecular weight is 376 g/mol. The van der Waals surface area contributed by atoms with Gasteiger partial charge in [-0.2, -0.15) is 0 Å². The zero-order chi connectivity index (χ0) is 19.9. The maximum Gasteiger partial charge on any atom is 0.408 e. The van der Waals surface area contributed by atoms with Gasteiger partial charge in [0.25, 0.3) is 0 Å². The molecule has 1 aromatic carbocycles. The predicted octanol–water partition coefficient (Wildman–Crippen LogP) is 4.39. The SMILES string of the molecule is CC1(NC(=O)OC(C)(C)C)CCC(CNC(=O)OCc2ccccc2)CC1. The lowest BCUT2D eigenvalue weighted by Gasteiger charge is -2.38. The summed E-state index contributed by atoms with van der Waals surface area (Å²) in [5.41, 5.74) is 0.211. The molecular formula is C21H32N2O4. The Kier molecular flexibility index (Phi) is 7.11. The van der Waals surface area contributed by atoms with Crippen LogP contribution in [0, 0.1) is 5.92 Å². The molecule has 1 aromatic rings. The van der Waals surface area contributed by atoms with Crippen molar-refractivity contribution in [1.29, 1.82) is 0 Å². The molecule has 6 heteroatoms. The molecule has 0 spiro atoms. The van der Waals surface area contributed by atoms with Gasteiger partial charge in [-0.05, 0) is 64.9 Å². The number of rotatable bonds is 5. The molecule has 1 saturated carbocycles. The van der Waals surface area contributed by atoms with Gasteiger partial charge in [-0.3, -0.25) is 0 Å². The lowest BCUT2D eigenvalue weighted by molar-refractivity contribution is 0.0425. The monoisotopic (exact) mass is 376 g/mol. The number of hydrogen-bond donors (Lipinski definition) is 2. The van der Waals surface area contributed by atoms with Gasteiger partial charge in [0, 0.05) is 12.1 Å². The summed E-state index contributed by atoms with van der Waals surface area (Å²) in [5.74, 6) is 0.391. The molecule has 0 aromatic heterocycles. The first-order chi connectivity index (χ1) is 12.7. The first kappa shape index (κ1) is 21.1. The van der Waals surface area contributed by atoms with Gasteiger partial charge in [0.15, 0.2) is 0 Å². The largest absolute Gasteiger partial charge is 0.445 e. The molecule has 27 heavy (non-hydrogen) atoms. The van der Waals surface area contributed by atoms with Crippen LogP contribution in [0.1, 0.15) is 58.9 Å². The summed E-state index contributed by atoms with van der Waals surface area (Å²) in [6.07, 6.45) is 2.83. The molecule has 2 N–H and O–H groups in total. The summed E-state index contributed by atoms with van der Waals surface area (Å²) >= 11 is 0. The lowest BCUT2D eigenvalue weighted by Crippen LogP contribution is -2.50. The first-order valence-corrected chi connectivity index (χ1v) is 9.61. The van der Waals surface area contributed by atoms with Crippen LogP contribution in [0.25, 0.3) is 0 Å². The van der Waals surface area contributed by atoms with E-state index in [0.717, 1.165) is 31.2 Å². The van der Waals surface area contributed by atoms with Crippen molar-refractivity contribution in [3.05, 3.63) is 35.9 Å². The molecule has 150 valence electrons. The Bertz CT molecular complexity index is 617. The molecule has 0 radical (unpaired) electrons. The molecule has 0 unspecified atom stereocenters. The fraction of sp³-hybridized carbons (Fsp3) is 0.619. The maximum absolute atomic E-state index is 12.0. The summed E-state index contributed by atoms with van der Waals surface area (Å²) in [4.78, 5) is 23.9. The van der Waals surface area contributed by atoms with Crippen LogP contribution in [0.3, 0.4) is 0 Å². The molecule has 0 bridgehead atoms. The summed E-state index contributed by atoms with van der Waals surface area (Å²) in [6.45, 7) is 8.48. The van der Waals surface area contributed by atoms with E-state index in [0.29, 0.717) is 12.5 Å². The Balaban J connectivity index is 1.66. The van der Waals surface area contributed by atoms with Crippen LogP contribution in [0.2, 0.25) is 0 Å². The van der Waals surface area contributed by atoms with Gasteiger partial charge in [-0.1, -0.05) is 30.3 Å². The maximum atomic E-state index is 12.0. The Labute approximate surface area is 162 Å². The van der Waals surface area contributed by atoms with E-state index in [1.165, 1.54) is 0 Å². The number of carbonyl (C=O) groups is 2. The van der Waals surface area contributed by atoms with Crippen molar-refractivity contribution in [2.75, 3.05) is 6.54 Å². The van der Waals surface area contributed by atoms with E-state index in [1.54, 1.807) is 0 Å². The third-order valence-electron chi connectivity index (χ3n) is 4.76. The van der Waals surface area contributed by atoms with Gasteiger partial charge in [0.05, 0.1) is 0 Å². The molecular weight excluding hydrogens is 344 g/mol. The van der Waals surface area contributed by atoms with E-state index in [2.05, 4.69) is 17.6 Å². The number of nitrogens with one attached hydrogen (secondary N) is 2. The van der Waals surface area contributed by atoms with Gasteiger partial charge in [0.1, 0.15) is 12.2 Å². The summed E-state index contributed by atoms with van der Waals surface area (Å²) < 4.78 is 10.6. The minimum atomic E-state index is -0.498. The topological polar surface area (TPSA) is 76.7 Å². The number of amides is 2. The Morgan fingerprint density at radius 1 is 1.11 bits per heavy atom. The molecule has 1 aliphatic rings. The Morgan fingerprint density at radius 2 is 1.74 bits per heavy atom. The Hall–Kier alpha value is -2.24. The highest BCUT2D eigenvalue weighted by atomic mass is 16.6. The molecule has 6 nitrogen and oxygen atoms in total. The van der Waals surface area contributed by atoms with Gasteiger partial charge in [0.2, 0.25) is 0 Å². The van der Waals surface area contributed by atoms with Crippen LogP contribution in [-0.2, 0) is 16.1 Å². The van der Waals surface area contributed by atoms with Gasteiger partial charge in [-0.25, -0.2) is 9.59 Å². The van der Waals surface area contributed by atoms with E-state index in [-0.39, 0.29) is 24.3 Å². The van der Waals surface area contributed by atoms with Crippen LogP contribution in [-0.4, -0.2) is 29.9 Å². The van der Waals surface area contributed by atoms with Crippen LogP contribution in [0.15, 0.2) is 30.3 Å². The van der Waals surface area contributed by atoms with E-state index in [1.807, 2.05) is 51.1 Å². The highest BCUT2D eigenvalue weighted by Crippen LogP contribution is 2.31. The van der Waals surface area contributed by atoms with Crippen molar-refractivity contribution in [2.24, 2.45) is 5.92 Å². The molecule has 2 rings (SSSR count). The predicted molar refractivity (Wildman–Crippen MR) is 104 cm³/mol. The van der Waals surface area contributed by atoms with E-state index < -0.39 is 5.60 Å². The average Bonchev–Trinajstić information content (AvgIpc) is 2.58. The van der Waals surface area contributed by atoms with Crippen molar-refractivity contribution in [3.63, 3.8) is 0 Å². The van der Waals surface area contributed by atoms with E-state index in [9.17, 15) is 9.59 Å². The molecule has 0 aliphatic heterocycles. The van der Waals surface area contributed by atoms with Crippen molar-refractivity contribution in [1.82, 2.24) is 10.6 Å². The molecule has 2 amide bonds.